The highest BCUT2D eigenvalue weighted by atomic mass is 32.2. The molecule has 22 heavy (non-hydrogen) atoms. The van der Waals surface area contributed by atoms with Crippen molar-refractivity contribution in [2.24, 2.45) is 4.99 Å². The van der Waals surface area contributed by atoms with Crippen molar-refractivity contribution in [3.63, 3.8) is 0 Å². The van der Waals surface area contributed by atoms with E-state index in [4.69, 9.17) is 0 Å². The van der Waals surface area contributed by atoms with E-state index in [2.05, 4.69) is 27.2 Å². The molecule has 0 spiro atoms. The average Bonchev–Trinajstić information content (AvgIpc) is 2.97. The molecule has 0 N–H and O–H groups in total. The fraction of sp³-hybridized carbons (Fsp3) is 0.118. The molecular weight excluding hydrogens is 292 g/mol. The summed E-state index contributed by atoms with van der Waals surface area (Å²) in [5, 5.41) is 5.34. The van der Waals surface area contributed by atoms with Gasteiger partial charge in [-0.2, -0.15) is 4.98 Å². The van der Waals surface area contributed by atoms with Gasteiger partial charge in [0.2, 0.25) is 0 Å². The van der Waals surface area contributed by atoms with Gasteiger partial charge in [0.25, 0.3) is 5.95 Å². The van der Waals surface area contributed by atoms with Crippen LogP contribution < -0.4 is 0 Å². The molecular formula is C17H16N4S. The lowest BCUT2D eigenvalue weighted by molar-refractivity contribution is 0.620. The summed E-state index contributed by atoms with van der Waals surface area (Å²) in [5.41, 5.74) is 2.23. The van der Waals surface area contributed by atoms with Crippen LogP contribution in [0, 0.1) is 0 Å². The van der Waals surface area contributed by atoms with Crippen molar-refractivity contribution in [3.8, 4) is 0 Å². The van der Waals surface area contributed by atoms with Gasteiger partial charge in [0.05, 0.1) is 6.54 Å². The summed E-state index contributed by atoms with van der Waals surface area (Å²) in [4.78, 5) is 8.82. The molecule has 110 valence electrons. The largest absolute Gasteiger partial charge is 0.269 e. The summed E-state index contributed by atoms with van der Waals surface area (Å²) in [5.74, 6) is 0.490. The van der Waals surface area contributed by atoms with Crippen molar-refractivity contribution in [3.05, 3.63) is 71.8 Å². The van der Waals surface area contributed by atoms with Crippen LogP contribution in [0.2, 0.25) is 0 Å². The van der Waals surface area contributed by atoms with Crippen LogP contribution in [0.15, 0.2) is 70.8 Å². The zero-order valence-electron chi connectivity index (χ0n) is 12.3. The van der Waals surface area contributed by atoms with Gasteiger partial charge in [0.1, 0.15) is 0 Å². The van der Waals surface area contributed by atoms with E-state index in [0.29, 0.717) is 12.5 Å². The third kappa shape index (κ3) is 3.62. The molecule has 1 aromatic heterocycles. The summed E-state index contributed by atoms with van der Waals surface area (Å²) < 4.78 is 1.89. The second-order valence-electron chi connectivity index (χ2n) is 4.71. The summed E-state index contributed by atoms with van der Waals surface area (Å²) >= 11 is 1.57. The van der Waals surface area contributed by atoms with Crippen LogP contribution in [0.3, 0.4) is 0 Å². The molecule has 0 radical (unpaired) electrons. The molecule has 1 heterocycles. The second kappa shape index (κ2) is 7.04. The van der Waals surface area contributed by atoms with Crippen LogP contribution in [0.25, 0.3) is 0 Å². The maximum atomic E-state index is 4.48. The van der Waals surface area contributed by atoms with Gasteiger partial charge in [-0.3, -0.25) is 0 Å². The van der Waals surface area contributed by atoms with Gasteiger partial charge in [-0.05, 0) is 17.4 Å². The minimum atomic E-state index is 0.490. The first-order chi connectivity index (χ1) is 10.8. The maximum Gasteiger partial charge on any atom is 0.269 e. The number of benzene rings is 2. The average molecular weight is 308 g/mol. The van der Waals surface area contributed by atoms with Crippen molar-refractivity contribution in [1.29, 1.82) is 0 Å². The fourth-order valence-corrected chi connectivity index (χ4v) is 2.54. The van der Waals surface area contributed by atoms with E-state index in [9.17, 15) is 0 Å². The van der Waals surface area contributed by atoms with Gasteiger partial charge in [-0.1, -0.05) is 72.4 Å². The van der Waals surface area contributed by atoms with Crippen LogP contribution in [0.1, 0.15) is 11.1 Å². The lowest BCUT2D eigenvalue weighted by Crippen LogP contribution is -2.02. The van der Waals surface area contributed by atoms with E-state index in [1.165, 1.54) is 5.56 Å². The van der Waals surface area contributed by atoms with Crippen LogP contribution >= 0.6 is 11.8 Å². The first kappa shape index (κ1) is 14.5. The topological polar surface area (TPSA) is 43.1 Å². The molecule has 3 aromatic rings. The molecule has 0 amide bonds. The van der Waals surface area contributed by atoms with Crippen molar-refractivity contribution in [1.82, 2.24) is 14.8 Å². The summed E-state index contributed by atoms with van der Waals surface area (Å²) in [6, 6.07) is 20.2. The Morgan fingerprint density at radius 2 is 1.73 bits per heavy atom. The van der Waals surface area contributed by atoms with E-state index in [1.807, 2.05) is 59.5 Å². The number of rotatable bonds is 5. The van der Waals surface area contributed by atoms with Gasteiger partial charge in [0.15, 0.2) is 5.16 Å². The summed E-state index contributed by atoms with van der Waals surface area (Å²) in [6.45, 7) is 0.699. The van der Waals surface area contributed by atoms with Crippen molar-refractivity contribution < 1.29 is 0 Å². The molecule has 0 aliphatic heterocycles. The van der Waals surface area contributed by atoms with Crippen LogP contribution in [0.5, 0.6) is 0 Å². The Morgan fingerprint density at radius 3 is 2.41 bits per heavy atom. The zero-order chi connectivity index (χ0) is 15.2. The molecule has 4 nitrogen and oxygen atoms in total. The predicted octanol–water partition coefficient (Wildman–Crippen LogP) is 3.80. The predicted molar refractivity (Wildman–Crippen MR) is 91.0 cm³/mol. The molecule has 3 rings (SSSR count). The molecule has 0 saturated carbocycles. The highest BCUT2D eigenvalue weighted by Gasteiger charge is 2.08. The molecule has 0 bridgehead atoms. The molecule has 0 unspecified atom stereocenters. The number of aromatic nitrogens is 3. The van der Waals surface area contributed by atoms with Gasteiger partial charge >= 0.3 is 0 Å². The van der Waals surface area contributed by atoms with E-state index in [0.717, 1.165) is 10.7 Å². The first-order valence-corrected chi connectivity index (χ1v) is 8.19. The highest BCUT2D eigenvalue weighted by molar-refractivity contribution is 7.98. The highest BCUT2D eigenvalue weighted by Crippen LogP contribution is 2.17. The van der Waals surface area contributed by atoms with E-state index in [1.54, 1.807) is 18.0 Å². The van der Waals surface area contributed by atoms with Crippen LogP contribution in [-0.4, -0.2) is 27.2 Å². The Kier molecular flexibility index (Phi) is 4.65. The first-order valence-electron chi connectivity index (χ1n) is 6.97. The Balaban J connectivity index is 1.81. The van der Waals surface area contributed by atoms with Gasteiger partial charge in [-0.15, -0.1) is 5.10 Å². The number of thioether (sulfide) groups is 1. The lowest BCUT2D eigenvalue weighted by Gasteiger charge is -2.03. The SMILES string of the molecule is CSc1nc(/N=C\c2ccccc2)nn1Cc1ccccc1. The number of hydrogen-bond donors (Lipinski definition) is 0. The van der Waals surface area contributed by atoms with Gasteiger partial charge in [0, 0.05) is 6.21 Å². The molecule has 0 saturated heterocycles. The Morgan fingerprint density at radius 1 is 1.05 bits per heavy atom. The van der Waals surface area contributed by atoms with Crippen LogP contribution in [-0.2, 0) is 6.54 Å². The van der Waals surface area contributed by atoms with Crippen LogP contribution in [0.4, 0.5) is 5.95 Å². The molecule has 0 atom stereocenters. The molecule has 0 fully saturated rings. The van der Waals surface area contributed by atoms with Crippen molar-refractivity contribution in [2.75, 3.05) is 6.26 Å². The van der Waals surface area contributed by atoms with Gasteiger partial charge < -0.3 is 0 Å². The molecule has 2 aromatic carbocycles. The minimum absolute atomic E-state index is 0.490. The zero-order valence-corrected chi connectivity index (χ0v) is 13.1. The van der Waals surface area contributed by atoms with E-state index < -0.39 is 0 Å². The Bertz CT molecular complexity index is 751. The Labute approximate surface area is 133 Å². The van der Waals surface area contributed by atoms with E-state index in [-0.39, 0.29) is 0 Å². The third-order valence-electron chi connectivity index (χ3n) is 3.11. The van der Waals surface area contributed by atoms with Crippen molar-refractivity contribution >= 4 is 23.9 Å². The van der Waals surface area contributed by atoms with Crippen molar-refractivity contribution in [2.45, 2.75) is 11.7 Å². The fourth-order valence-electron chi connectivity index (χ4n) is 2.05. The number of hydrogen-bond acceptors (Lipinski definition) is 4. The molecule has 5 heteroatoms. The smallest absolute Gasteiger partial charge is 0.234 e. The lowest BCUT2D eigenvalue weighted by atomic mass is 10.2. The molecule has 0 aliphatic carbocycles. The monoisotopic (exact) mass is 308 g/mol. The summed E-state index contributed by atoms with van der Waals surface area (Å²) in [7, 11) is 0. The standard InChI is InChI=1S/C17H16N4S/c1-22-17-19-16(18-12-14-8-4-2-5-9-14)20-21(17)13-15-10-6-3-7-11-15/h2-12H,13H2,1H3/b18-12-. The quantitative estimate of drug-likeness (QED) is 0.532. The minimum Gasteiger partial charge on any atom is -0.234 e. The van der Waals surface area contributed by atoms with Gasteiger partial charge in [-0.25, -0.2) is 9.67 Å². The Hall–Kier alpha value is -2.40. The van der Waals surface area contributed by atoms with E-state index >= 15 is 0 Å². The number of aliphatic imine (C=N–C) groups is 1. The second-order valence-corrected chi connectivity index (χ2v) is 5.48. The summed E-state index contributed by atoms with van der Waals surface area (Å²) in [6.07, 6.45) is 3.78. The molecule has 0 aliphatic rings. The maximum absolute atomic E-state index is 4.48. The number of nitrogens with zero attached hydrogens (tertiary/aromatic N) is 4. The normalized spacial score (nSPS) is 11.1. The third-order valence-corrected chi connectivity index (χ3v) is 3.78.